The summed E-state index contributed by atoms with van der Waals surface area (Å²) in [4.78, 5) is 79.5. The zero-order valence-corrected chi connectivity index (χ0v) is 59.6. The molecular weight excluding hydrogens is 1340 g/mol. The fraction of sp³-hybridized carbons (Fsp3) is 0.202. The lowest BCUT2D eigenvalue weighted by Gasteiger charge is -2.34. The molecule has 12 rings (SSSR count). The Hall–Kier alpha value is -13.0. The lowest BCUT2D eigenvalue weighted by Crippen LogP contribution is -2.42. The molecule has 0 spiro atoms. The van der Waals surface area contributed by atoms with Crippen LogP contribution >= 0.6 is 0 Å². The largest absolute Gasteiger partial charge is 0.545 e. The number of hydrogen-bond acceptors (Lipinski definition) is 12. The number of ether oxygens (including phenoxy) is 1. The average molecular weight is 1420 g/mol. The van der Waals surface area contributed by atoms with Gasteiger partial charge < -0.3 is 76.5 Å². The number of nitrogens with zero attached hydrogens (tertiary/aromatic N) is 4. The Labute approximate surface area is 615 Å². The van der Waals surface area contributed by atoms with Gasteiger partial charge in [-0.1, -0.05) is 176 Å². The lowest BCUT2D eigenvalue weighted by atomic mass is 9.85. The van der Waals surface area contributed by atoms with E-state index in [0.717, 1.165) is 72.2 Å². The standard InChI is InChI=1S/C42H44N6O5.C42H42N6O5/c2*1-43-41(51)45-21-23-47(27-29-11-5-3-6-12-29)31-17-19-35-37(25-31)53-38-26-32(18-20-36(38)39(35)33-15-9-10-16-34(33)40(49)50)48(24-22-46-42(52)44-2)28-30-13-7-4-8-14-30/h3-20,25-26,31H,21-24,27-28H2,1-2H3,(H,49,50)(H2,43,45,51)(H2,44,46,52);3-20,25-26H,21-24,27-28H2,1-2H3,(H4-,43,44,45,46,49,50,51,52). The highest BCUT2D eigenvalue weighted by Crippen LogP contribution is 2.46. The van der Waals surface area contributed by atoms with Gasteiger partial charge in [-0.15, -0.1) is 0 Å². The maximum absolute atomic E-state index is 12.5. The van der Waals surface area contributed by atoms with E-state index in [1.807, 2.05) is 158 Å². The van der Waals surface area contributed by atoms with E-state index in [1.165, 1.54) is 0 Å². The number of amides is 8. The molecule has 22 nitrogen and oxygen atoms in total. The number of urea groups is 4. The van der Waals surface area contributed by atoms with Gasteiger partial charge in [0.2, 0.25) is 5.36 Å². The van der Waals surface area contributed by atoms with Crippen molar-refractivity contribution in [2.45, 2.75) is 32.2 Å². The van der Waals surface area contributed by atoms with E-state index in [-0.39, 0.29) is 41.3 Å². The molecule has 2 heterocycles. The smallest absolute Gasteiger partial charge is 0.336 e. The van der Waals surface area contributed by atoms with Crippen LogP contribution in [0.15, 0.2) is 258 Å². The molecule has 8 amide bonds. The molecule has 0 saturated carbocycles. The summed E-state index contributed by atoms with van der Waals surface area (Å²) < 4.78 is 15.7. The number of nitrogens with one attached hydrogen (secondary N) is 8. The van der Waals surface area contributed by atoms with Gasteiger partial charge in [0.15, 0.2) is 13.1 Å². The quantitative estimate of drug-likeness (QED) is 0.0171. The molecule has 0 fully saturated rings. The van der Waals surface area contributed by atoms with Crippen molar-refractivity contribution >= 4 is 64.0 Å². The number of aromatic carboxylic acids is 2. The zero-order chi connectivity index (χ0) is 74.3. The van der Waals surface area contributed by atoms with Crippen LogP contribution in [-0.2, 0) is 26.2 Å². The average Bonchev–Trinajstić information content (AvgIpc) is 0.751. The number of fused-ring (bicyclic) bond motifs is 4. The van der Waals surface area contributed by atoms with Crippen LogP contribution in [0.25, 0.3) is 39.0 Å². The highest BCUT2D eigenvalue weighted by molar-refractivity contribution is 6.08. The number of rotatable bonds is 27. The predicted molar refractivity (Wildman–Crippen MR) is 412 cm³/mol. The van der Waals surface area contributed by atoms with E-state index in [2.05, 4.69) is 116 Å². The van der Waals surface area contributed by atoms with Crippen molar-refractivity contribution < 1.29 is 48.1 Å². The molecule has 1 unspecified atom stereocenters. The predicted octanol–water partition coefficient (Wildman–Crippen LogP) is 10.2. The van der Waals surface area contributed by atoms with Crippen molar-refractivity contribution in [3.05, 3.63) is 304 Å². The van der Waals surface area contributed by atoms with Crippen LogP contribution in [0.2, 0.25) is 0 Å². The number of benzene rings is 9. The van der Waals surface area contributed by atoms with E-state index < -0.39 is 11.9 Å². The Bertz CT molecular complexity index is 4890. The Kier molecular flexibility index (Phi) is 25.4. The number of carbonyl (C=O) groups excluding carboxylic acids is 5. The van der Waals surface area contributed by atoms with Crippen LogP contribution in [0.3, 0.4) is 0 Å². The zero-order valence-electron chi connectivity index (χ0n) is 59.6. The molecule has 4 aliphatic rings. The van der Waals surface area contributed by atoms with Gasteiger partial charge in [-0.3, -0.25) is 4.90 Å². The van der Waals surface area contributed by atoms with Crippen LogP contribution in [-0.4, -0.2) is 133 Å². The molecule has 0 radical (unpaired) electrons. The molecule has 542 valence electrons. The topological polar surface area (TPSA) is 277 Å². The van der Waals surface area contributed by atoms with Crippen molar-refractivity contribution in [3.63, 3.8) is 0 Å². The Morgan fingerprint density at radius 2 is 0.981 bits per heavy atom. The Morgan fingerprint density at radius 3 is 1.55 bits per heavy atom. The number of allylic oxidation sites excluding steroid dienone is 1. The Balaban J connectivity index is 0.000000212. The van der Waals surface area contributed by atoms with Gasteiger partial charge in [-0.2, -0.15) is 0 Å². The highest BCUT2D eigenvalue weighted by Gasteiger charge is 2.32. The molecule has 0 aromatic heterocycles. The molecule has 2 aliphatic heterocycles. The number of carboxylic acid groups (broad SMARTS) is 2. The summed E-state index contributed by atoms with van der Waals surface area (Å²) in [7, 11) is 6.33. The maximum atomic E-state index is 12.5. The van der Waals surface area contributed by atoms with E-state index in [9.17, 15) is 39.0 Å². The van der Waals surface area contributed by atoms with Crippen LogP contribution < -0.4 is 72.1 Å². The van der Waals surface area contributed by atoms with Crippen molar-refractivity contribution in [2.24, 2.45) is 0 Å². The first-order valence-corrected chi connectivity index (χ1v) is 35.1. The van der Waals surface area contributed by atoms with Gasteiger partial charge >= 0.3 is 30.1 Å². The van der Waals surface area contributed by atoms with E-state index in [1.54, 1.807) is 58.5 Å². The van der Waals surface area contributed by atoms with Gasteiger partial charge in [0.05, 0.1) is 30.2 Å². The number of hydrogen-bond donors (Lipinski definition) is 9. The third kappa shape index (κ3) is 19.0. The molecule has 0 saturated heterocycles. The molecule has 106 heavy (non-hydrogen) atoms. The van der Waals surface area contributed by atoms with Crippen molar-refractivity contribution in [3.8, 4) is 28.2 Å². The van der Waals surface area contributed by atoms with Crippen LogP contribution in [0, 0.1) is 0 Å². The highest BCUT2D eigenvalue weighted by atomic mass is 16.5. The maximum Gasteiger partial charge on any atom is 0.336 e. The molecule has 2 aliphatic carbocycles. The molecular formula is C84H86N12O10. The minimum Gasteiger partial charge on any atom is -0.545 e. The molecule has 1 atom stereocenters. The summed E-state index contributed by atoms with van der Waals surface area (Å²) in [6, 6.07) is 70.9. The normalized spacial score (nSPS) is 12.9. The number of anilines is 2. The lowest BCUT2D eigenvalue weighted by molar-refractivity contribution is -0.255. The third-order valence-corrected chi connectivity index (χ3v) is 18.3. The Morgan fingerprint density at radius 1 is 0.491 bits per heavy atom. The summed E-state index contributed by atoms with van der Waals surface area (Å²) >= 11 is 0. The molecule has 8 aromatic rings. The fourth-order valence-corrected chi connectivity index (χ4v) is 13.0. The second-order valence-electron chi connectivity index (χ2n) is 25.2. The SMILES string of the molecule is CNC(=O)NCCN(Cc1ccccc1)c1ccc2c(-c3ccccc3C(=O)O)c3ccc(=[N+](CCNC(=O)NC)Cc4ccccc4)cc-3oc2c1.CNC(=O)NCCN(Cc1ccccc1)c1ccc2c(c1)OC1=CC(N(CCNC(=O)NC)Cc3ccccc3)C=CC1=C2c1ccccc1C(=O)[O-]. The van der Waals surface area contributed by atoms with Gasteiger partial charge in [0, 0.05) is 161 Å². The van der Waals surface area contributed by atoms with Gasteiger partial charge in [0.1, 0.15) is 22.9 Å². The van der Waals surface area contributed by atoms with Crippen molar-refractivity contribution in [1.82, 2.24) is 52.0 Å². The summed E-state index contributed by atoms with van der Waals surface area (Å²) in [6.07, 6.45) is 6.12. The summed E-state index contributed by atoms with van der Waals surface area (Å²) in [5, 5.41) is 46.3. The fourth-order valence-electron chi connectivity index (χ4n) is 13.0. The molecule has 22 heteroatoms. The molecule has 9 N–H and O–H groups in total. The monoisotopic (exact) mass is 1420 g/mol. The van der Waals surface area contributed by atoms with Crippen molar-refractivity contribution in [2.75, 3.05) is 90.3 Å². The van der Waals surface area contributed by atoms with Gasteiger partial charge in [0.25, 0.3) is 0 Å². The van der Waals surface area contributed by atoms with Crippen LogP contribution in [0.1, 0.15) is 54.1 Å². The van der Waals surface area contributed by atoms with Gasteiger partial charge in [-0.05, 0) is 70.3 Å². The van der Waals surface area contributed by atoms with Crippen LogP contribution in [0.5, 0.6) is 5.75 Å². The van der Waals surface area contributed by atoms with E-state index >= 15 is 0 Å². The second kappa shape index (κ2) is 36.3. The minimum absolute atomic E-state index is 0.0822. The first kappa shape index (κ1) is 74.2. The molecule has 0 bridgehead atoms. The summed E-state index contributed by atoms with van der Waals surface area (Å²) in [5.74, 6) is -0.542. The van der Waals surface area contributed by atoms with Crippen LogP contribution in [0.4, 0.5) is 30.6 Å². The first-order chi connectivity index (χ1) is 51.7. The molecule has 8 aromatic carbocycles. The number of carboxylic acids is 2. The van der Waals surface area contributed by atoms with Crippen molar-refractivity contribution in [1.29, 1.82) is 0 Å². The summed E-state index contributed by atoms with van der Waals surface area (Å²) in [5.41, 5.74) is 11.9. The van der Waals surface area contributed by atoms with E-state index in [0.29, 0.717) is 113 Å². The minimum atomic E-state index is -1.27. The van der Waals surface area contributed by atoms with Gasteiger partial charge in [-0.25, -0.2) is 28.5 Å². The third-order valence-electron chi connectivity index (χ3n) is 18.3. The first-order valence-electron chi connectivity index (χ1n) is 35.1. The second-order valence-corrected chi connectivity index (χ2v) is 25.2. The number of carbonyl (C=O) groups is 6. The van der Waals surface area contributed by atoms with E-state index in [4.69, 9.17) is 9.15 Å². The summed E-state index contributed by atoms with van der Waals surface area (Å²) in [6.45, 7) is 6.16.